The Balaban J connectivity index is 1.85. The van der Waals surface area contributed by atoms with Crippen molar-refractivity contribution in [3.05, 3.63) is 0 Å². The lowest BCUT2D eigenvalue weighted by Crippen LogP contribution is -2.33. The molecule has 0 bridgehead atoms. The molecule has 0 aromatic rings. The maximum Gasteiger partial charge on any atom is 0.308 e. The van der Waals surface area contributed by atoms with Gasteiger partial charge in [-0.05, 0) is 12.8 Å². The second kappa shape index (κ2) is 4.49. The zero-order chi connectivity index (χ0) is 10.7. The van der Waals surface area contributed by atoms with Crippen LogP contribution < -0.4 is 0 Å². The van der Waals surface area contributed by atoms with E-state index in [0.717, 1.165) is 25.7 Å². The summed E-state index contributed by atoms with van der Waals surface area (Å²) in [5, 5.41) is 0. The third-order valence-electron chi connectivity index (χ3n) is 3.15. The molecule has 0 N–H and O–H groups in total. The van der Waals surface area contributed by atoms with Gasteiger partial charge in [-0.3, -0.25) is 4.79 Å². The molecule has 0 aromatic heterocycles. The lowest BCUT2D eigenvalue weighted by Gasteiger charge is -2.31. The Hall–Kier alpha value is -0.610. The van der Waals surface area contributed by atoms with Crippen molar-refractivity contribution in [1.82, 2.24) is 0 Å². The Morgan fingerprint density at radius 1 is 1.40 bits per heavy atom. The predicted octanol–water partition coefficient (Wildman–Crippen LogP) is 1.63. The standard InChI is InChI=1S/C11H18O4/c1-13-10(12)7-9-8-14-11(15-9)5-3-2-4-6-11/h9H,2-8H2,1H3/t9-/m0/s1. The lowest BCUT2D eigenvalue weighted by atomic mass is 9.94. The van der Waals surface area contributed by atoms with Gasteiger partial charge in [-0.2, -0.15) is 0 Å². The summed E-state index contributed by atoms with van der Waals surface area (Å²) in [6.45, 7) is 0.523. The number of hydrogen-bond donors (Lipinski definition) is 0. The average Bonchev–Trinajstić information content (AvgIpc) is 2.62. The van der Waals surface area contributed by atoms with Crippen LogP contribution in [-0.2, 0) is 19.0 Å². The Kier molecular flexibility index (Phi) is 3.26. The minimum absolute atomic E-state index is 0.115. The van der Waals surface area contributed by atoms with Crippen molar-refractivity contribution < 1.29 is 19.0 Å². The molecule has 0 radical (unpaired) electrons. The van der Waals surface area contributed by atoms with Crippen molar-refractivity contribution in [2.75, 3.05) is 13.7 Å². The Morgan fingerprint density at radius 2 is 2.13 bits per heavy atom. The summed E-state index contributed by atoms with van der Waals surface area (Å²) in [5.41, 5.74) is 0. The van der Waals surface area contributed by atoms with Gasteiger partial charge in [-0.15, -0.1) is 0 Å². The van der Waals surface area contributed by atoms with Crippen molar-refractivity contribution in [1.29, 1.82) is 0 Å². The molecule has 1 saturated carbocycles. The molecular formula is C11H18O4. The van der Waals surface area contributed by atoms with Crippen molar-refractivity contribution in [3.8, 4) is 0 Å². The number of hydrogen-bond acceptors (Lipinski definition) is 4. The van der Waals surface area contributed by atoms with E-state index in [9.17, 15) is 4.79 Å². The third-order valence-corrected chi connectivity index (χ3v) is 3.15. The average molecular weight is 214 g/mol. The van der Waals surface area contributed by atoms with Crippen LogP contribution in [0.4, 0.5) is 0 Å². The molecule has 0 amide bonds. The fraction of sp³-hybridized carbons (Fsp3) is 0.909. The number of carbonyl (C=O) groups is 1. The van der Waals surface area contributed by atoms with Gasteiger partial charge in [0.05, 0.1) is 26.2 Å². The van der Waals surface area contributed by atoms with Gasteiger partial charge in [0.2, 0.25) is 0 Å². The molecule has 1 saturated heterocycles. The number of methoxy groups -OCH3 is 1. The third kappa shape index (κ3) is 2.49. The highest BCUT2D eigenvalue weighted by molar-refractivity contribution is 5.69. The zero-order valence-electron chi connectivity index (χ0n) is 9.16. The van der Waals surface area contributed by atoms with Gasteiger partial charge in [0.25, 0.3) is 0 Å². The molecule has 2 fully saturated rings. The Morgan fingerprint density at radius 3 is 2.80 bits per heavy atom. The van der Waals surface area contributed by atoms with Crippen molar-refractivity contribution in [3.63, 3.8) is 0 Å². The molecular weight excluding hydrogens is 196 g/mol. The lowest BCUT2D eigenvalue weighted by molar-refractivity contribution is -0.188. The van der Waals surface area contributed by atoms with Crippen molar-refractivity contribution in [2.45, 2.75) is 50.4 Å². The van der Waals surface area contributed by atoms with Crippen LogP contribution in [0.25, 0.3) is 0 Å². The molecule has 86 valence electrons. The van der Waals surface area contributed by atoms with Crippen LogP contribution in [-0.4, -0.2) is 31.6 Å². The van der Waals surface area contributed by atoms with E-state index in [4.69, 9.17) is 9.47 Å². The van der Waals surface area contributed by atoms with Gasteiger partial charge in [0, 0.05) is 12.8 Å². The summed E-state index contributed by atoms with van der Waals surface area (Å²) in [5.74, 6) is -0.604. The summed E-state index contributed by atoms with van der Waals surface area (Å²) in [6, 6.07) is 0. The first-order valence-corrected chi connectivity index (χ1v) is 5.63. The van der Waals surface area contributed by atoms with Crippen molar-refractivity contribution >= 4 is 5.97 Å². The van der Waals surface area contributed by atoms with Crippen LogP contribution >= 0.6 is 0 Å². The molecule has 4 nitrogen and oxygen atoms in total. The maximum atomic E-state index is 11.1. The fourth-order valence-electron chi connectivity index (χ4n) is 2.34. The molecule has 2 aliphatic rings. The summed E-state index contributed by atoms with van der Waals surface area (Å²) in [6.07, 6.45) is 5.69. The highest BCUT2D eigenvalue weighted by Gasteiger charge is 2.42. The second-order valence-electron chi connectivity index (χ2n) is 4.30. The molecule has 1 aliphatic heterocycles. The summed E-state index contributed by atoms with van der Waals surface area (Å²) < 4.78 is 16.2. The van der Waals surface area contributed by atoms with Crippen LogP contribution in [0.5, 0.6) is 0 Å². The van der Waals surface area contributed by atoms with Crippen LogP contribution in [0.2, 0.25) is 0 Å². The molecule has 0 unspecified atom stereocenters. The van der Waals surface area contributed by atoms with E-state index < -0.39 is 0 Å². The Bertz CT molecular complexity index is 233. The first-order chi connectivity index (χ1) is 7.24. The van der Waals surface area contributed by atoms with E-state index in [1.807, 2.05) is 0 Å². The molecule has 4 heteroatoms. The van der Waals surface area contributed by atoms with Crippen LogP contribution in [0.1, 0.15) is 38.5 Å². The van der Waals surface area contributed by atoms with Gasteiger partial charge in [0.15, 0.2) is 5.79 Å². The summed E-state index contributed by atoms with van der Waals surface area (Å²) in [7, 11) is 1.40. The first-order valence-electron chi connectivity index (χ1n) is 5.63. The topological polar surface area (TPSA) is 44.8 Å². The summed E-state index contributed by atoms with van der Waals surface area (Å²) in [4.78, 5) is 11.1. The quantitative estimate of drug-likeness (QED) is 0.655. The smallest absolute Gasteiger partial charge is 0.308 e. The van der Waals surface area contributed by atoms with Crippen LogP contribution in [0.15, 0.2) is 0 Å². The van der Waals surface area contributed by atoms with E-state index in [0.29, 0.717) is 13.0 Å². The van der Waals surface area contributed by atoms with Gasteiger partial charge in [-0.1, -0.05) is 6.42 Å². The SMILES string of the molecule is COC(=O)C[C@H]1COC2(CCCCC2)O1. The minimum Gasteiger partial charge on any atom is -0.469 e. The van der Waals surface area contributed by atoms with E-state index in [2.05, 4.69) is 4.74 Å². The van der Waals surface area contributed by atoms with E-state index in [-0.39, 0.29) is 17.9 Å². The minimum atomic E-state index is -0.378. The summed E-state index contributed by atoms with van der Waals surface area (Å²) >= 11 is 0. The van der Waals surface area contributed by atoms with E-state index >= 15 is 0 Å². The number of ether oxygens (including phenoxy) is 3. The van der Waals surface area contributed by atoms with Crippen LogP contribution in [0.3, 0.4) is 0 Å². The largest absolute Gasteiger partial charge is 0.469 e. The molecule has 1 spiro atoms. The maximum absolute atomic E-state index is 11.1. The van der Waals surface area contributed by atoms with Gasteiger partial charge in [0.1, 0.15) is 0 Å². The van der Waals surface area contributed by atoms with E-state index in [1.54, 1.807) is 0 Å². The molecule has 2 rings (SSSR count). The van der Waals surface area contributed by atoms with Crippen LogP contribution in [0, 0.1) is 0 Å². The first kappa shape index (κ1) is 10.9. The number of carbonyl (C=O) groups excluding carboxylic acids is 1. The highest BCUT2D eigenvalue weighted by Crippen LogP contribution is 2.38. The molecule has 1 atom stereocenters. The van der Waals surface area contributed by atoms with Crippen molar-refractivity contribution in [2.24, 2.45) is 0 Å². The zero-order valence-corrected chi connectivity index (χ0v) is 9.16. The highest BCUT2D eigenvalue weighted by atomic mass is 16.7. The molecule has 1 aliphatic carbocycles. The Labute approximate surface area is 89.9 Å². The molecule has 15 heavy (non-hydrogen) atoms. The van der Waals surface area contributed by atoms with Gasteiger partial charge in [-0.25, -0.2) is 0 Å². The number of esters is 1. The normalized spacial score (nSPS) is 29.3. The van der Waals surface area contributed by atoms with E-state index in [1.165, 1.54) is 13.5 Å². The second-order valence-corrected chi connectivity index (χ2v) is 4.30. The molecule has 1 heterocycles. The molecule has 0 aromatic carbocycles. The fourth-order valence-corrected chi connectivity index (χ4v) is 2.34. The van der Waals surface area contributed by atoms with Gasteiger partial charge < -0.3 is 14.2 Å². The monoisotopic (exact) mass is 214 g/mol. The predicted molar refractivity (Wildman–Crippen MR) is 53.3 cm³/mol. The number of rotatable bonds is 2. The van der Waals surface area contributed by atoms with Gasteiger partial charge >= 0.3 is 5.97 Å².